The number of Topliss-reactive ketones (excluding diaryl/α,β-unsaturated/α-hetero) is 1. The highest BCUT2D eigenvalue weighted by Gasteiger charge is 2.64. The average Bonchev–Trinajstić information content (AvgIpc) is 3.07. The van der Waals surface area contributed by atoms with Gasteiger partial charge in [0.25, 0.3) is 0 Å². The molecule has 29 heavy (non-hydrogen) atoms. The normalized spacial score (nSPS) is 34.2. The van der Waals surface area contributed by atoms with E-state index in [9.17, 15) is 9.59 Å². The highest BCUT2D eigenvalue weighted by molar-refractivity contribution is 6.74. The van der Waals surface area contributed by atoms with E-state index in [4.69, 9.17) is 18.3 Å². The predicted octanol–water partition coefficient (Wildman–Crippen LogP) is 4.30. The fourth-order valence-corrected chi connectivity index (χ4v) is 6.14. The van der Waals surface area contributed by atoms with Gasteiger partial charge >= 0.3 is 5.63 Å². The topological polar surface area (TPSA) is 75.0 Å². The Bertz CT molecular complexity index is 898. The maximum Gasteiger partial charge on any atom is 0.343 e. The van der Waals surface area contributed by atoms with Gasteiger partial charge in [0.1, 0.15) is 17.3 Å². The Balaban J connectivity index is 1.84. The van der Waals surface area contributed by atoms with Crippen molar-refractivity contribution in [1.82, 2.24) is 0 Å². The molecule has 2 aliphatic heterocycles. The average molecular weight is 421 g/mol. The summed E-state index contributed by atoms with van der Waals surface area (Å²) in [4.78, 5) is 26.1. The number of ketones is 1. The Hall–Kier alpha value is -1.44. The molecule has 1 aromatic heterocycles. The third-order valence-electron chi connectivity index (χ3n) is 7.22. The molecule has 1 saturated carbocycles. The van der Waals surface area contributed by atoms with Gasteiger partial charge in [-0.25, -0.2) is 4.79 Å². The first-order chi connectivity index (χ1) is 13.3. The van der Waals surface area contributed by atoms with Crippen molar-refractivity contribution < 1.29 is 23.1 Å². The monoisotopic (exact) mass is 420 g/mol. The van der Waals surface area contributed by atoms with Crippen LogP contribution in [0.5, 0.6) is 5.75 Å². The number of ether oxygens (including phenoxy) is 2. The predicted molar refractivity (Wildman–Crippen MR) is 111 cm³/mol. The zero-order chi connectivity index (χ0) is 21.4. The van der Waals surface area contributed by atoms with Crippen molar-refractivity contribution in [2.45, 2.75) is 95.9 Å². The maximum atomic E-state index is 13.3. The first kappa shape index (κ1) is 20.8. The summed E-state index contributed by atoms with van der Waals surface area (Å²) in [6.07, 6.45) is 1.37. The van der Waals surface area contributed by atoms with Crippen molar-refractivity contribution in [1.29, 1.82) is 0 Å². The molecular formula is C22H32O6Si. The zero-order valence-electron chi connectivity index (χ0n) is 18.5. The lowest BCUT2D eigenvalue weighted by molar-refractivity contribution is -0.213. The van der Waals surface area contributed by atoms with Crippen LogP contribution in [0.2, 0.25) is 18.1 Å². The standard InChI is InChI=1S/C22H32O6Si/c1-12-8-9-22(26-12)19-14(23)11-16(28-29(6,7)21(3,4)5)17(19)18-15(27-22)10-13(2)25-20(18)24/h10,12,16-17,19H,8-9,11H2,1-7H3/t12-,16+,17+,19+,22+/m1/s1. The van der Waals surface area contributed by atoms with Crippen LogP contribution < -0.4 is 10.4 Å². The summed E-state index contributed by atoms with van der Waals surface area (Å²) in [5, 5.41) is -0.00383. The largest absolute Gasteiger partial charge is 0.461 e. The van der Waals surface area contributed by atoms with Crippen LogP contribution in [-0.4, -0.2) is 32.1 Å². The van der Waals surface area contributed by atoms with Gasteiger partial charge < -0.3 is 18.3 Å². The Morgan fingerprint density at radius 1 is 1.24 bits per heavy atom. The van der Waals surface area contributed by atoms with E-state index in [2.05, 4.69) is 33.9 Å². The van der Waals surface area contributed by atoms with E-state index in [0.717, 1.165) is 6.42 Å². The van der Waals surface area contributed by atoms with Crippen LogP contribution in [0.3, 0.4) is 0 Å². The lowest BCUT2D eigenvalue weighted by Crippen LogP contribution is -2.53. The van der Waals surface area contributed by atoms with Gasteiger partial charge in [0.05, 0.1) is 23.7 Å². The third-order valence-corrected chi connectivity index (χ3v) is 11.7. The first-order valence-electron chi connectivity index (χ1n) is 10.6. The second kappa shape index (κ2) is 6.53. The minimum absolute atomic E-state index is 0.00383. The van der Waals surface area contributed by atoms with E-state index in [1.807, 2.05) is 6.92 Å². The van der Waals surface area contributed by atoms with Crippen molar-refractivity contribution in [3.8, 4) is 5.75 Å². The first-order valence-corrected chi connectivity index (χ1v) is 13.5. The molecule has 6 nitrogen and oxygen atoms in total. The number of carbonyl (C=O) groups is 1. The summed E-state index contributed by atoms with van der Waals surface area (Å²) < 4.78 is 24.6. The Morgan fingerprint density at radius 2 is 1.93 bits per heavy atom. The van der Waals surface area contributed by atoms with Crippen LogP contribution in [0.4, 0.5) is 0 Å². The van der Waals surface area contributed by atoms with Gasteiger partial charge in [0, 0.05) is 24.8 Å². The molecule has 0 amide bonds. The van der Waals surface area contributed by atoms with Gasteiger partial charge in [-0.1, -0.05) is 20.8 Å². The molecule has 0 N–H and O–H groups in total. The van der Waals surface area contributed by atoms with E-state index in [0.29, 0.717) is 23.5 Å². The van der Waals surface area contributed by atoms with Crippen LogP contribution in [0, 0.1) is 12.8 Å². The summed E-state index contributed by atoms with van der Waals surface area (Å²) in [6, 6.07) is 1.74. The second-order valence-electron chi connectivity index (χ2n) is 10.4. The van der Waals surface area contributed by atoms with Crippen LogP contribution in [0.1, 0.15) is 64.2 Å². The minimum Gasteiger partial charge on any atom is -0.461 e. The van der Waals surface area contributed by atoms with Gasteiger partial charge in [-0.2, -0.15) is 0 Å². The van der Waals surface area contributed by atoms with Gasteiger partial charge in [-0.15, -0.1) is 0 Å². The summed E-state index contributed by atoms with van der Waals surface area (Å²) in [5.41, 5.74) is -0.00151. The molecule has 1 saturated heterocycles. The quantitative estimate of drug-likeness (QED) is 0.664. The van der Waals surface area contributed by atoms with Gasteiger partial charge in [-0.05, 0) is 38.4 Å². The van der Waals surface area contributed by atoms with Gasteiger partial charge in [-0.3, -0.25) is 4.79 Å². The third kappa shape index (κ3) is 3.22. The molecule has 7 heteroatoms. The molecule has 2 fully saturated rings. The molecule has 1 spiro atoms. The summed E-state index contributed by atoms with van der Waals surface area (Å²) in [6.45, 7) is 14.6. The number of aryl methyl sites for hydroxylation is 1. The van der Waals surface area contributed by atoms with E-state index in [1.165, 1.54) is 0 Å². The highest BCUT2D eigenvalue weighted by Crippen LogP contribution is 2.56. The molecule has 0 bridgehead atoms. The lowest BCUT2D eigenvalue weighted by Gasteiger charge is -2.44. The number of hydrogen-bond donors (Lipinski definition) is 0. The summed E-state index contributed by atoms with van der Waals surface area (Å²) in [7, 11) is -2.16. The smallest absolute Gasteiger partial charge is 0.343 e. The van der Waals surface area contributed by atoms with Crippen LogP contribution in [0.15, 0.2) is 15.3 Å². The van der Waals surface area contributed by atoms with E-state index in [-0.39, 0.29) is 29.5 Å². The van der Waals surface area contributed by atoms with E-state index in [1.54, 1.807) is 13.0 Å². The second-order valence-corrected chi connectivity index (χ2v) is 15.2. The van der Waals surface area contributed by atoms with Crippen molar-refractivity contribution >= 4 is 14.1 Å². The molecule has 0 radical (unpaired) electrons. The van der Waals surface area contributed by atoms with Crippen molar-refractivity contribution in [2.24, 2.45) is 5.92 Å². The Kier molecular flexibility index (Phi) is 4.68. The summed E-state index contributed by atoms with van der Waals surface area (Å²) >= 11 is 0. The van der Waals surface area contributed by atoms with Crippen molar-refractivity contribution in [3.63, 3.8) is 0 Å². The SMILES string of the molecule is Cc1cc2c(c(=O)o1)[C@@H]1[C@@H](O[Si](C)(C)C(C)(C)C)CC(=O)[C@@H]1[C@]1(CC[C@@H](C)O1)O2. The highest BCUT2D eigenvalue weighted by atomic mass is 28.4. The van der Waals surface area contributed by atoms with Crippen LogP contribution >= 0.6 is 0 Å². The van der Waals surface area contributed by atoms with Crippen molar-refractivity contribution in [2.75, 3.05) is 0 Å². The number of carbonyl (C=O) groups excluding carboxylic acids is 1. The Morgan fingerprint density at radius 3 is 2.52 bits per heavy atom. The van der Waals surface area contributed by atoms with E-state index < -0.39 is 31.6 Å². The maximum absolute atomic E-state index is 13.3. The lowest BCUT2D eigenvalue weighted by atomic mass is 9.78. The fourth-order valence-electron chi connectivity index (χ4n) is 4.80. The Labute approximate surface area is 173 Å². The molecule has 5 atom stereocenters. The van der Waals surface area contributed by atoms with Crippen LogP contribution in [-0.2, 0) is 14.0 Å². The zero-order valence-corrected chi connectivity index (χ0v) is 19.5. The molecular weight excluding hydrogens is 388 g/mol. The molecule has 160 valence electrons. The molecule has 3 heterocycles. The fraction of sp³-hybridized carbons (Fsp3) is 0.727. The molecule has 1 aromatic rings. The number of fused-ring (bicyclic) bond motifs is 4. The van der Waals surface area contributed by atoms with Gasteiger partial charge in [0.2, 0.25) is 5.79 Å². The molecule has 4 rings (SSSR count). The van der Waals surface area contributed by atoms with Crippen LogP contribution in [0.25, 0.3) is 0 Å². The number of hydrogen-bond acceptors (Lipinski definition) is 6. The minimum atomic E-state index is -2.16. The van der Waals surface area contributed by atoms with Crippen molar-refractivity contribution in [3.05, 3.63) is 27.8 Å². The summed E-state index contributed by atoms with van der Waals surface area (Å²) in [5.74, 6) is -0.937. The van der Waals surface area contributed by atoms with Gasteiger partial charge in [0.15, 0.2) is 8.32 Å². The number of rotatable bonds is 2. The molecule has 0 unspecified atom stereocenters. The molecule has 3 aliphatic rings. The molecule has 0 aromatic carbocycles. The van der Waals surface area contributed by atoms with E-state index >= 15 is 0 Å². The molecule has 1 aliphatic carbocycles.